The van der Waals surface area contributed by atoms with Crippen molar-refractivity contribution < 1.29 is 4.79 Å². The molecule has 1 rings (SSSR count). The quantitative estimate of drug-likeness (QED) is 0.595. The molecule has 1 fully saturated rings. The SMILES string of the molecule is C=C(C)CN1CCCC1C(C)=O. The van der Waals surface area contributed by atoms with Crippen molar-refractivity contribution in [1.29, 1.82) is 0 Å². The first-order valence-electron chi connectivity index (χ1n) is 4.50. The Bertz CT molecular complexity index is 198. The fraction of sp³-hybridized carbons (Fsp3) is 0.700. The van der Waals surface area contributed by atoms with Gasteiger partial charge in [0.2, 0.25) is 0 Å². The maximum absolute atomic E-state index is 11.2. The van der Waals surface area contributed by atoms with Gasteiger partial charge in [0.25, 0.3) is 0 Å². The van der Waals surface area contributed by atoms with Gasteiger partial charge < -0.3 is 0 Å². The van der Waals surface area contributed by atoms with Crippen LogP contribution in [-0.2, 0) is 4.79 Å². The Morgan fingerprint density at radius 2 is 2.25 bits per heavy atom. The lowest BCUT2D eigenvalue weighted by molar-refractivity contribution is -0.121. The lowest BCUT2D eigenvalue weighted by atomic mass is 10.1. The van der Waals surface area contributed by atoms with Gasteiger partial charge in [0.1, 0.15) is 5.78 Å². The summed E-state index contributed by atoms with van der Waals surface area (Å²) in [6, 6.07) is 0.168. The molecule has 0 aromatic rings. The van der Waals surface area contributed by atoms with Crippen LogP contribution in [-0.4, -0.2) is 29.8 Å². The number of Topliss-reactive ketones (excluding diaryl/α,β-unsaturated/α-hetero) is 1. The lowest BCUT2D eigenvalue weighted by Crippen LogP contribution is -2.35. The molecule has 1 aliphatic heterocycles. The summed E-state index contributed by atoms with van der Waals surface area (Å²) in [6.07, 6.45) is 2.18. The normalized spacial score (nSPS) is 24.3. The van der Waals surface area contributed by atoms with Crippen LogP contribution in [0.4, 0.5) is 0 Å². The number of hydrogen-bond donors (Lipinski definition) is 0. The van der Waals surface area contributed by atoms with Gasteiger partial charge in [-0.2, -0.15) is 0 Å². The molecule has 0 spiro atoms. The Kier molecular flexibility index (Phi) is 3.04. The Morgan fingerprint density at radius 1 is 1.58 bits per heavy atom. The van der Waals surface area contributed by atoms with Gasteiger partial charge in [0.05, 0.1) is 6.04 Å². The summed E-state index contributed by atoms with van der Waals surface area (Å²) in [5.41, 5.74) is 1.14. The maximum Gasteiger partial charge on any atom is 0.146 e. The summed E-state index contributed by atoms with van der Waals surface area (Å²) < 4.78 is 0. The van der Waals surface area contributed by atoms with Gasteiger partial charge >= 0.3 is 0 Å². The zero-order chi connectivity index (χ0) is 9.14. The zero-order valence-corrected chi connectivity index (χ0v) is 7.97. The first kappa shape index (κ1) is 9.46. The Balaban J connectivity index is 2.52. The molecule has 0 amide bonds. The van der Waals surface area contributed by atoms with Crippen molar-refractivity contribution in [3.63, 3.8) is 0 Å². The van der Waals surface area contributed by atoms with E-state index in [0.29, 0.717) is 5.78 Å². The highest BCUT2D eigenvalue weighted by Gasteiger charge is 2.27. The smallest absolute Gasteiger partial charge is 0.146 e. The van der Waals surface area contributed by atoms with Crippen LogP contribution in [0.2, 0.25) is 0 Å². The van der Waals surface area contributed by atoms with E-state index < -0.39 is 0 Å². The van der Waals surface area contributed by atoms with Crippen molar-refractivity contribution in [3.05, 3.63) is 12.2 Å². The first-order chi connectivity index (χ1) is 5.61. The Morgan fingerprint density at radius 3 is 2.75 bits per heavy atom. The van der Waals surface area contributed by atoms with E-state index in [9.17, 15) is 4.79 Å². The van der Waals surface area contributed by atoms with E-state index in [0.717, 1.165) is 31.5 Å². The second-order valence-corrected chi connectivity index (χ2v) is 3.70. The number of likely N-dealkylation sites (tertiary alicyclic amines) is 1. The molecule has 2 nitrogen and oxygen atoms in total. The molecule has 1 atom stereocenters. The van der Waals surface area contributed by atoms with Crippen molar-refractivity contribution in [2.45, 2.75) is 32.7 Å². The van der Waals surface area contributed by atoms with Gasteiger partial charge in [-0.1, -0.05) is 12.2 Å². The van der Waals surface area contributed by atoms with E-state index in [-0.39, 0.29) is 6.04 Å². The number of nitrogens with zero attached hydrogens (tertiary/aromatic N) is 1. The van der Waals surface area contributed by atoms with Crippen LogP contribution >= 0.6 is 0 Å². The minimum Gasteiger partial charge on any atom is -0.298 e. The molecule has 0 saturated carbocycles. The molecule has 1 saturated heterocycles. The molecule has 0 bridgehead atoms. The third-order valence-corrected chi connectivity index (χ3v) is 2.31. The summed E-state index contributed by atoms with van der Waals surface area (Å²) in [5, 5.41) is 0. The molecule has 0 N–H and O–H groups in total. The standard InChI is InChI=1S/C10H17NO/c1-8(2)7-11-6-4-5-10(11)9(3)12/h10H,1,4-7H2,2-3H3. The largest absolute Gasteiger partial charge is 0.298 e. The predicted molar refractivity (Wildman–Crippen MR) is 50.1 cm³/mol. The van der Waals surface area contributed by atoms with Crippen LogP contribution in [0.5, 0.6) is 0 Å². The van der Waals surface area contributed by atoms with Gasteiger partial charge in [-0.15, -0.1) is 0 Å². The average Bonchev–Trinajstić information content (AvgIpc) is 2.33. The van der Waals surface area contributed by atoms with Crippen LogP contribution in [0.3, 0.4) is 0 Å². The lowest BCUT2D eigenvalue weighted by Gasteiger charge is -2.21. The van der Waals surface area contributed by atoms with Crippen molar-refractivity contribution >= 4 is 5.78 Å². The van der Waals surface area contributed by atoms with E-state index in [1.807, 2.05) is 6.92 Å². The second-order valence-electron chi connectivity index (χ2n) is 3.70. The van der Waals surface area contributed by atoms with E-state index in [1.165, 1.54) is 0 Å². The maximum atomic E-state index is 11.2. The molecule has 0 aliphatic carbocycles. The average molecular weight is 167 g/mol. The summed E-state index contributed by atoms with van der Waals surface area (Å²) in [6.45, 7) is 9.48. The third kappa shape index (κ3) is 2.18. The third-order valence-electron chi connectivity index (χ3n) is 2.31. The molecule has 0 aromatic heterocycles. The Labute approximate surface area is 74.2 Å². The minimum atomic E-state index is 0.168. The highest BCUT2D eigenvalue weighted by atomic mass is 16.1. The summed E-state index contributed by atoms with van der Waals surface area (Å²) in [5.74, 6) is 0.300. The first-order valence-corrected chi connectivity index (χ1v) is 4.50. The predicted octanol–water partition coefficient (Wildman–Crippen LogP) is 1.62. The molecule has 1 unspecified atom stereocenters. The van der Waals surface area contributed by atoms with E-state index in [4.69, 9.17) is 0 Å². The molecular weight excluding hydrogens is 150 g/mol. The van der Waals surface area contributed by atoms with Crippen LogP contribution in [0.25, 0.3) is 0 Å². The van der Waals surface area contributed by atoms with Gasteiger partial charge in [0, 0.05) is 6.54 Å². The van der Waals surface area contributed by atoms with Crippen LogP contribution in [0.1, 0.15) is 26.7 Å². The topological polar surface area (TPSA) is 20.3 Å². The minimum absolute atomic E-state index is 0.168. The molecule has 68 valence electrons. The van der Waals surface area contributed by atoms with Crippen LogP contribution in [0.15, 0.2) is 12.2 Å². The van der Waals surface area contributed by atoms with Crippen molar-refractivity contribution in [3.8, 4) is 0 Å². The summed E-state index contributed by atoms with van der Waals surface area (Å²) in [7, 11) is 0. The second kappa shape index (κ2) is 3.85. The molecule has 1 heterocycles. The van der Waals surface area contributed by atoms with Crippen LogP contribution in [0, 0.1) is 0 Å². The van der Waals surface area contributed by atoms with E-state index >= 15 is 0 Å². The molecule has 0 aromatic carbocycles. The van der Waals surface area contributed by atoms with Gasteiger partial charge in [0.15, 0.2) is 0 Å². The molecule has 0 radical (unpaired) electrons. The monoisotopic (exact) mass is 167 g/mol. The zero-order valence-electron chi connectivity index (χ0n) is 7.97. The fourth-order valence-electron chi connectivity index (χ4n) is 1.82. The Hall–Kier alpha value is -0.630. The number of carbonyl (C=O) groups excluding carboxylic acids is 1. The van der Waals surface area contributed by atoms with Crippen molar-refractivity contribution in [1.82, 2.24) is 4.90 Å². The van der Waals surface area contributed by atoms with Gasteiger partial charge in [-0.3, -0.25) is 9.69 Å². The summed E-state index contributed by atoms with van der Waals surface area (Å²) >= 11 is 0. The van der Waals surface area contributed by atoms with Crippen molar-refractivity contribution in [2.75, 3.05) is 13.1 Å². The fourth-order valence-corrected chi connectivity index (χ4v) is 1.82. The van der Waals surface area contributed by atoms with Crippen LogP contribution < -0.4 is 0 Å². The molecule has 2 heteroatoms. The number of ketones is 1. The highest BCUT2D eigenvalue weighted by Crippen LogP contribution is 2.18. The molecule has 12 heavy (non-hydrogen) atoms. The number of rotatable bonds is 3. The van der Waals surface area contributed by atoms with Crippen molar-refractivity contribution in [2.24, 2.45) is 0 Å². The van der Waals surface area contributed by atoms with E-state index in [1.54, 1.807) is 6.92 Å². The number of carbonyl (C=O) groups is 1. The summed E-state index contributed by atoms with van der Waals surface area (Å²) in [4.78, 5) is 13.4. The molecular formula is C10H17NO. The van der Waals surface area contributed by atoms with Gasteiger partial charge in [-0.05, 0) is 33.2 Å². The van der Waals surface area contributed by atoms with Gasteiger partial charge in [-0.25, -0.2) is 0 Å². The molecule has 1 aliphatic rings. The highest BCUT2D eigenvalue weighted by molar-refractivity contribution is 5.81. The number of hydrogen-bond acceptors (Lipinski definition) is 2. The van der Waals surface area contributed by atoms with E-state index in [2.05, 4.69) is 11.5 Å².